The van der Waals surface area contributed by atoms with Crippen LogP contribution in [0.5, 0.6) is 0 Å². The number of rotatable bonds is 1. The molecule has 0 heteroatoms. The van der Waals surface area contributed by atoms with E-state index in [1.54, 1.807) is 0 Å². The molecular weight excluding hydrogens is 216 g/mol. The van der Waals surface area contributed by atoms with Crippen LogP contribution in [0.25, 0.3) is 16.8 Å². The van der Waals surface area contributed by atoms with Crippen LogP contribution in [0.15, 0.2) is 79.4 Å². The van der Waals surface area contributed by atoms with Crippen molar-refractivity contribution in [1.29, 1.82) is 0 Å². The molecule has 0 aliphatic heterocycles. The normalized spacial score (nSPS) is 9.33. The number of fused-ring (bicyclic) bond motifs is 1. The SMILES string of the molecule is C=Cc1ccc2ccccc2c1.[c]1ccccc1. The van der Waals surface area contributed by atoms with Crippen LogP contribution in [0.1, 0.15) is 5.56 Å². The van der Waals surface area contributed by atoms with Gasteiger partial charge in [-0.25, -0.2) is 0 Å². The Kier molecular flexibility index (Phi) is 4.32. The van der Waals surface area contributed by atoms with E-state index in [1.165, 1.54) is 16.3 Å². The van der Waals surface area contributed by atoms with Crippen LogP contribution in [0.3, 0.4) is 0 Å². The smallest absolute Gasteiger partial charge is 0.0178 e. The van der Waals surface area contributed by atoms with E-state index in [2.05, 4.69) is 55.1 Å². The van der Waals surface area contributed by atoms with Gasteiger partial charge >= 0.3 is 0 Å². The molecule has 3 aromatic carbocycles. The first-order valence-electron chi connectivity index (χ1n) is 5.92. The third kappa shape index (κ3) is 3.33. The summed E-state index contributed by atoms with van der Waals surface area (Å²) in [5.41, 5.74) is 1.17. The van der Waals surface area contributed by atoms with Crippen LogP contribution >= 0.6 is 0 Å². The molecule has 0 spiro atoms. The molecule has 0 nitrogen and oxygen atoms in total. The first-order valence-corrected chi connectivity index (χ1v) is 5.92. The molecule has 0 aliphatic carbocycles. The van der Waals surface area contributed by atoms with Gasteiger partial charge in [0.25, 0.3) is 0 Å². The molecule has 0 heterocycles. The average molecular weight is 231 g/mol. The van der Waals surface area contributed by atoms with Gasteiger partial charge in [-0.3, -0.25) is 0 Å². The van der Waals surface area contributed by atoms with Gasteiger partial charge in [-0.1, -0.05) is 79.4 Å². The van der Waals surface area contributed by atoms with Gasteiger partial charge in [0, 0.05) is 0 Å². The monoisotopic (exact) mass is 231 g/mol. The molecule has 1 radical (unpaired) electrons. The van der Waals surface area contributed by atoms with Crippen molar-refractivity contribution in [3.8, 4) is 0 Å². The van der Waals surface area contributed by atoms with Gasteiger partial charge in [-0.05, 0) is 28.5 Å². The second-order valence-electron chi connectivity index (χ2n) is 3.89. The minimum atomic E-state index is 1.17. The zero-order valence-corrected chi connectivity index (χ0v) is 10.2. The van der Waals surface area contributed by atoms with Gasteiger partial charge in [0.15, 0.2) is 0 Å². The molecule has 0 unspecified atom stereocenters. The highest BCUT2D eigenvalue weighted by Gasteiger charge is 1.90. The lowest BCUT2D eigenvalue weighted by Gasteiger charge is -1.97. The van der Waals surface area contributed by atoms with E-state index in [9.17, 15) is 0 Å². The van der Waals surface area contributed by atoms with Crippen molar-refractivity contribution in [3.05, 3.63) is 91.0 Å². The summed E-state index contributed by atoms with van der Waals surface area (Å²) in [5.74, 6) is 0. The van der Waals surface area contributed by atoms with E-state index in [1.807, 2.05) is 36.4 Å². The Bertz CT molecular complexity index is 582. The van der Waals surface area contributed by atoms with Crippen LogP contribution in [-0.4, -0.2) is 0 Å². The Morgan fingerprint density at radius 2 is 1.50 bits per heavy atom. The van der Waals surface area contributed by atoms with Crippen molar-refractivity contribution in [1.82, 2.24) is 0 Å². The summed E-state index contributed by atoms with van der Waals surface area (Å²) in [6.45, 7) is 3.74. The van der Waals surface area contributed by atoms with Crippen LogP contribution in [-0.2, 0) is 0 Å². The fourth-order valence-electron chi connectivity index (χ4n) is 1.68. The Morgan fingerprint density at radius 3 is 2.06 bits per heavy atom. The molecular formula is C18H15. The summed E-state index contributed by atoms with van der Waals surface area (Å²) in [5, 5.41) is 2.55. The van der Waals surface area contributed by atoms with Crippen LogP contribution < -0.4 is 0 Å². The van der Waals surface area contributed by atoms with Crippen molar-refractivity contribution < 1.29 is 0 Å². The summed E-state index contributed by atoms with van der Waals surface area (Å²) in [6, 6.07) is 27.2. The maximum Gasteiger partial charge on any atom is -0.0178 e. The fourth-order valence-corrected chi connectivity index (χ4v) is 1.68. The van der Waals surface area contributed by atoms with Crippen molar-refractivity contribution in [2.45, 2.75) is 0 Å². The van der Waals surface area contributed by atoms with Gasteiger partial charge in [-0.2, -0.15) is 0 Å². The molecule has 0 fully saturated rings. The summed E-state index contributed by atoms with van der Waals surface area (Å²) in [7, 11) is 0. The molecule has 0 bridgehead atoms. The predicted octanol–water partition coefficient (Wildman–Crippen LogP) is 4.97. The molecule has 0 N–H and O–H groups in total. The number of hydrogen-bond acceptors (Lipinski definition) is 0. The quantitative estimate of drug-likeness (QED) is 0.554. The minimum absolute atomic E-state index is 1.17. The minimum Gasteiger partial charge on any atom is -0.0985 e. The lowest BCUT2D eigenvalue weighted by atomic mass is 10.1. The molecule has 0 saturated heterocycles. The Labute approximate surface area is 108 Å². The molecule has 0 aliphatic rings. The fraction of sp³-hybridized carbons (Fsp3) is 0. The van der Waals surface area contributed by atoms with Gasteiger partial charge in [0.2, 0.25) is 0 Å². The van der Waals surface area contributed by atoms with Gasteiger partial charge in [-0.15, -0.1) is 0 Å². The van der Waals surface area contributed by atoms with Crippen LogP contribution in [0.4, 0.5) is 0 Å². The molecule has 0 aromatic heterocycles. The van der Waals surface area contributed by atoms with Crippen molar-refractivity contribution in [2.75, 3.05) is 0 Å². The van der Waals surface area contributed by atoms with Crippen LogP contribution in [0.2, 0.25) is 0 Å². The largest absolute Gasteiger partial charge is 0.0985 e. The maximum absolute atomic E-state index is 3.74. The summed E-state index contributed by atoms with van der Waals surface area (Å²) in [4.78, 5) is 0. The summed E-state index contributed by atoms with van der Waals surface area (Å²) < 4.78 is 0. The maximum atomic E-state index is 3.74. The third-order valence-electron chi connectivity index (χ3n) is 2.62. The Balaban J connectivity index is 0.000000169. The van der Waals surface area contributed by atoms with E-state index in [-0.39, 0.29) is 0 Å². The number of benzene rings is 3. The molecule has 0 atom stereocenters. The zero-order chi connectivity index (χ0) is 12.6. The third-order valence-corrected chi connectivity index (χ3v) is 2.62. The summed E-state index contributed by atoms with van der Waals surface area (Å²) >= 11 is 0. The molecule has 87 valence electrons. The first-order chi connectivity index (χ1) is 8.90. The highest BCUT2D eigenvalue weighted by molar-refractivity contribution is 5.84. The van der Waals surface area contributed by atoms with Crippen molar-refractivity contribution in [2.24, 2.45) is 0 Å². The molecule has 0 amide bonds. The van der Waals surface area contributed by atoms with E-state index >= 15 is 0 Å². The van der Waals surface area contributed by atoms with E-state index in [0.29, 0.717) is 0 Å². The lowest BCUT2D eigenvalue weighted by Crippen LogP contribution is -1.73. The van der Waals surface area contributed by atoms with E-state index in [4.69, 9.17) is 0 Å². The average Bonchev–Trinajstić information content (AvgIpc) is 2.49. The van der Waals surface area contributed by atoms with Gasteiger partial charge < -0.3 is 0 Å². The van der Waals surface area contributed by atoms with Gasteiger partial charge in [0.1, 0.15) is 0 Å². The van der Waals surface area contributed by atoms with Gasteiger partial charge in [0.05, 0.1) is 0 Å². The highest BCUT2D eigenvalue weighted by atomic mass is 14.0. The Hall–Kier alpha value is -2.34. The molecule has 18 heavy (non-hydrogen) atoms. The van der Waals surface area contributed by atoms with Crippen LogP contribution in [0, 0.1) is 6.07 Å². The standard InChI is InChI=1S/C12H10.C6H5/c1-2-10-7-8-11-5-3-4-6-12(11)9-10;1-2-4-6-5-3-1/h2-9H,1H2;1-5H. The molecule has 0 saturated carbocycles. The van der Waals surface area contributed by atoms with Crippen molar-refractivity contribution in [3.63, 3.8) is 0 Å². The zero-order valence-electron chi connectivity index (χ0n) is 10.2. The molecule has 3 aromatic rings. The Morgan fingerprint density at radius 1 is 0.778 bits per heavy atom. The topological polar surface area (TPSA) is 0 Å². The lowest BCUT2D eigenvalue weighted by molar-refractivity contribution is 1.70. The second-order valence-corrected chi connectivity index (χ2v) is 3.89. The van der Waals surface area contributed by atoms with E-state index < -0.39 is 0 Å². The second kappa shape index (κ2) is 6.41. The molecule has 3 rings (SSSR count). The number of hydrogen-bond donors (Lipinski definition) is 0. The van der Waals surface area contributed by atoms with E-state index in [0.717, 1.165) is 0 Å². The first kappa shape index (κ1) is 12.1. The van der Waals surface area contributed by atoms with Crippen molar-refractivity contribution >= 4 is 16.8 Å². The summed E-state index contributed by atoms with van der Waals surface area (Å²) in [6.07, 6.45) is 1.87. The predicted molar refractivity (Wildman–Crippen MR) is 79.3 cm³/mol. The highest BCUT2D eigenvalue weighted by Crippen LogP contribution is 2.15.